The maximum Gasteiger partial charge on any atom is 0.323 e. The van der Waals surface area contributed by atoms with Crippen LogP contribution in [0, 0.1) is 6.92 Å². The van der Waals surface area contributed by atoms with E-state index in [1.54, 1.807) is 4.68 Å². The molecule has 1 aliphatic heterocycles. The molecular formula is C23H25N3O3. The van der Waals surface area contributed by atoms with Gasteiger partial charge in [0.25, 0.3) is 5.56 Å². The first kappa shape index (κ1) is 19.2. The van der Waals surface area contributed by atoms with Crippen LogP contribution in [0.2, 0.25) is 0 Å². The molecule has 0 N–H and O–H groups in total. The number of hydrogen-bond donors (Lipinski definition) is 0. The van der Waals surface area contributed by atoms with Crippen molar-refractivity contribution in [1.82, 2.24) is 14.3 Å². The number of benzene rings is 2. The molecule has 0 aliphatic carbocycles. The summed E-state index contributed by atoms with van der Waals surface area (Å²) in [5, 5.41) is 0. The van der Waals surface area contributed by atoms with Crippen LogP contribution in [0.25, 0.3) is 5.69 Å². The smallest absolute Gasteiger partial charge is 0.323 e. The average Bonchev–Trinajstić information content (AvgIpc) is 2.96. The Morgan fingerprint density at radius 2 is 1.72 bits per heavy atom. The van der Waals surface area contributed by atoms with Gasteiger partial charge in [-0.1, -0.05) is 42.5 Å². The van der Waals surface area contributed by atoms with Crippen molar-refractivity contribution in [2.24, 2.45) is 7.05 Å². The molecule has 1 unspecified atom stereocenters. The molecule has 3 aromatic rings. The molecule has 6 nitrogen and oxygen atoms in total. The Labute approximate surface area is 169 Å². The lowest BCUT2D eigenvalue weighted by atomic mass is 9.93. The normalized spacial score (nSPS) is 16.4. The minimum absolute atomic E-state index is 0.0568. The molecule has 150 valence electrons. The minimum Gasteiger partial charge on any atom is -0.468 e. The maximum atomic E-state index is 13.3. The predicted molar refractivity (Wildman–Crippen MR) is 111 cm³/mol. The van der Waals surface area contributed by atoms with E-state index in [1.165, 1.54) is 12.7 Å². The number of carbonyl (C=O) groups excluding carboxylic acids is 1. The Kier molecular flexibility index (Phi) is 5.11. The summed E-state index contributed by atoms with van der Waals surface area (Å²) in [7, 11) is 3.30. The van der Waals surface area contributed by atoms with Crippen molar-refractivity contribution in [2.75, 3.05) is 7.11 Å². The van der Waals surface area contributed by atoms with Crippen LogP contribution in [0.5, 0.6) is 0 Å². The van der Waals surface area contributed by atoms with Gasteiger partial charge in [0, 0.05) is 25.8 Å². The quantitative estimate of drug-likeness (QED) is 0.642. The largest absolute Gasteiger partial charge is 0.468 e. The summed E-state index contributed by atoms with van der Waals surface area (Å²) in [6.07, 6.45) is 0.585. The van der Waals surface area contributed by atoms with Crippen LogP contribution < -0.4 is 5.56 Å². The Bertz CT molecular complexity index is 1100. The van der Waals surface area contributed by atoms with Crippen LogP contribution in [-0.2, 0) is 36.1 Å². The van der Waals surface area contributed by atoms with Gasteiger partial charge in [0.1, 0.15) is 6.04 Å². The summed E-state index contributed by atoms with van der Waals surface area (Å²) in [6, 6.07) is 17.3. The molecule has 29 heavy (non-hydrogen) atoms. The molecule has 6 heteroatoms. The topological polar surface area (TPSA) is 56.5 Å². The first-order chi connectivity index (χ1) is 14.0. The van der Waals surface area contributed by atoms with E-state index < -0.39 is 6.04 Å². The van der Waals surface area contributed by atoms with E-state index in [0.717, 1.165) is 16.9 Å². The highest BCUT2D eigenvalue weighted by Gasteiger charge is 2.33. The van der Waals surface area contributed by atoms with E-state index in [9.17, 15) is 9.59 Å². The zero-order valence-corrected chi connectivity index (χ0v) is 17.0. The first-order valence-corrected chi connectivity index (χ1v) is 9.72. The van der Waals surface area contributed by atoms with E-state index in [0.29, 0.717) is 25.1 Å². The molecule has 0 saturated carbocycles. The standard InChI is InChI=1S/C23H25N3O3/c1-16-20(22(27)26(24(16)2)19-11-5-4-6-12-19)15-25-14-18-10-8-7-9-17(18)13-21(25)23(28)29-3/h4-12,21H,13-15H2,1-3H3. The molecule has 0 fully saturated rings. The number of hydrogen-bond acceptors (Lipinski definition) is 4. The van der Waals surface area contributed by atoms with Crippen LogP contribution in [0.15, 0.2) is 59.4 Å². The van der Waals surface area contributed by atoms with Gasteiger partial charge in [0.05, 0.1) is 18.4 Å². The Hall–Kier alpha value is -3.12. The van der Waals surface area contributed by atoms with E-state index >= 15 is 0 Å². The number of ether oxygens (including phenoxy) is 1. The molecule has 0 bridgehead atoms. The van der Waals surface area contributed by atoms with Crippen molar-refractivity contribution in [1.29, 1.82) is 0 Å². The summed E-state index contributed by atoms with van der Waals surface area (Å²) in [6.45, 7) is 2.95. The second-order valence-corrected chi connectivity index (χ2v) is 7.46. The highest BCUT2D eigenvalue weighted by atomic mass is 16.5. The number of carbonyl (C=O) groups is 1. The summed E-state index contributed by atoms with van der Waals surface area (Å²) in [4.78, 5) is 27.8. The van der Waals surface area contributed by atoms with Gasteiger partial charge in [-0.15, -0.1) is 0 Å². The third kappa shape index (κ3) is 3.40. The van der Waals surface area contributed by atoms with Crippen molar-refractivity contribution in [3.05, 3.63) is 87.3 Å². The van der Waals surface area contributed by atoms with Gasteiger partial charge >= 0.3 is 5.97 Å². The van der Waals surface area contributed by atoms with Crippen molar-refractivity contribution in [3.63, 3.8) is 0 Å². The monoisotopic (exact) mass is 391 g/mol. The highest BCUT2D eigenvalue weighted by Crippen LogP contribution is 2.26. The van der Waals surface area contributed by atoms with Crippen molar-refractivity contribution < 1.29 is 9.53 Å². The van der Waals surface area contributed by atoms with Crippen molar-refractivity contribution in [2.45, 2.75) is 32.5 Å². The number of rotatable bonds is 4. The fourth-order valence-electron chi connectivity index (χ4n) is 4.12. The third-order valence-corrected chi connectivity index (χ3v) is 5.85. The van der Waals surface area contributed by atoms with Gasteiger partial charge in [0.2, 0.25) is 0 Å². The number of fused-ring (bicyclic) bond motifs is 1. The number of methoxy groups -OCH3 is 1. The lowest BCUT2D eigenvalue weighted by Crippen LogP contribution is -2.46. The SMILES string of the molecule is COC(=O)C1Cc2ccccc2CN1Cc1c(C)n(C)n(-c2ccccc2)c1=O. The van der Waals surface area contributed by atoms with E-state index in [-0.39, 0.29) is 11.5 Å². The molecule has 0 spiro atoms. The molecular weight excluding hydrogens is 366 g/mol. The summed E-state index contributed by atoms with van der Waals surface area (Å²) in [5.74, 6) is -0.267. The van der Waals surface area contributed by atoms with Gasteiger partial charge < -0.3 is 4.74 Å². The second-order valence-electron chi connectivity index (χ2n) is 7.46. The molecule has 1 aliphatic rings. The molecule has 1 atom stereocenters. The molecule has 2 heterocycles. The summed E-state index contributed by atoms with van der Waals surface area (Å²) in [5.41, 5.74) is 4.70. The number of esters is 1. The van der Waals surface area contributed by atoms with Gasteiger partial charge in [-0.2, -0.15) is 0 Å². The van der Waals surface area contributed by atoms with Crippen LogP contribution >= 0.6 is 0 Å². The van der Waals surface area contributed by atoms with E-state index in [4.69, 9.17) is 4.74 Å². The van der Waals surface area contributed by atoms with Crippen LogP contribution in [-0.4, -0.2) is 33.4 Å². The Morgan fingerprint density at radius 3 is 2.41 bits per heavy atom. The zero-order valence-electron chi connectivity index (χ0n) is 17.0. The summed E-state index contributed by atoms with van der Waals surface area (Å²) >= 11 is 0. The first-order valence-electron chi connectivity index (χ1n) is 9.72. The molecule has 0 radical (unpaired) electrons. The van der Waals surface area contributed by atoms with Crippen molar-refractivity contribution >= 4 is 5.97 Å². The molecule has 4 rings (SSSR count). The average molecular weight is 391 g/mol. The van der Waals surface area contributed by atoms with E-state index in [1.807, 2.05) is 66.0 Å². The zero-order chi connectivity index (χ0) is 20.5. The van der Waals surface area contributed by atoms with E-state index in [2.05, 4.69) is 12.1 Å². The highest BCUT2D eigenvalue weighted by molar-refractivity contribution is 5.76. The Balaban J connectivity index is 1.73. The molecule has 1 aromatic heterocycles. The van der Waals surface area contributed by atoms with Gasteiger partial charge in [-0.3, -0.25) is 19.2 Å². The number of nitrogens with zero attached hydrogens (tertiary/aromatic N) is 3. The number of aromatic nitrogens is 2. The van der Waals surface area contributed by atoms with Crippen LogP contribution in [0.1, 0.15) is 22.4 Å². The van der Waals surface area contributed by atoms with Gasteiger partial charge in [-0.05, 0) is 36.6 Å². The lowest BCUT2D eigenvalue weighted by Gasteiger charge is -2.34. The molecule has 2 aromatic carbocycles. The fraction of sp³-hybridized carbons (Fsp3) is 0.304. The molecule has 0 amide bonds. The minimum atomic E-state index is -0.404. The van der Waals surface area contributed by atoms with Crippen molar-refractivity contribution in [3.8, 4) is 5.69 Å². The summed E-state index contributed by atoms with van der Waals surface area (Å²) < 4.78 is 8.61. The lowest BCUT2D eigenvalue weighted by molar-refractivity contribution is -0.148. The number of para-hydroxylation sites is 1. The third-order valence-electron chi connectivity index (χ3n) is 5.85. The molecule has 0 saturated heterocycles. The van der Waals surface area contributed by atoms with Gasteiger partial charge in [0.15, 0.2) is 0 Å². The Morgan fingerprint density at radius 1 is 1.07 bits per heavy atom. The van der Waals surface area contributed by atoms with Crippen LogP contribution in [0.4, 0.5) is 0 Å². The predicted octanol–water partition coefficient (Wildman–Crippen LogP) is 2.58. The van der Waals surface area contributed by atoms with Crippen LogP contribution in [0.3, 0.4) is 0 Å². The maximum absolute atomic E-state index is 13.3. The fourth-order valence-corrected chi connectivity index (χ4v) is 4.12. The second kappa shape index (κ2) is 7.72. The van der Waals surface area contributed by atoms with Gasteiger partial charge in [-0.25, -0.2) is 4.68 Å².